The molecular weight excluding hydrogens is 160 g/mol. The summed E-state index contributed by atoms with van der Waals surface area (Å²) >= 11 is 0. The molecule has 0 atom stereocenters. The van der Waals surface area contributed by atoms with E-state index in [-0.39, 0.29) is 5.78 Å². The van der Waals surface area contributed by atoms with Crippen molar-refractivity contribution in [3.05, 3.63) is 41.5 Å². The van der Waals surface area contributed by atoms with E-state index in [1.807, 2.05) is 32.0 Å². The second kappa shape index (κ2) is 4.04. The Morgan fingerprint density at radius 1 is 1.31 bits per heavy atom. The number of carbonyl (C=O) groups excluding carboxylic acids is 1. The Morgan fingerprint density at radius 2 is 2.00 bits per heavy atom. The van der Waals surface area contributed by atoms with Crippen LogP contribution in [0.15, 0.2) is 30.3 Å². The summed E-state index contributed by atoms with van der Waals surface area (Å²) < 4.78 is 0. The lowest BCUT2D eigenvalue weighted by Crippen LogP contribution is -1.86. The fraction of sp³-hybridized carbons (Fsp3) is 0.250. The standard InChI is InChI=1S/C12H14O/c1-9-5-4-6-12(7-9)10(2)8-11(3)13/h4-8H,1-3H3. The number of allylic oxidation sites excluding steroid dienone is 2. The Balaban J connectivity index is 3.02. The summed E-state index contributed by atoms with van der Waals surface area (Å²) in [4.78, 5) is 10.8. The van der Waals surface area contributed by atoms with Crippen molar-refractivity contribution in [2.24, 2.45) is 0 Å². The quantitative estimate of drug-likeness (QED) is 0.630. The Bertz CT molecular complexity index is 348. The number of rotatable bonds is 2. The molecule has 0 fully saturated rings. The van der Waals surface area contributed by atoms with Crippen LogP contribution < -0.4 is 0 Å². The van der Waals surface area contributed by atoms with E-state index < -0.39 is 0 Å². The molecule has 1 aromatic rings. The van der Waals surface area contributed by atoms with Crippen molar-refractivity contribution < 1.29 is 4.79 Å². The van der Waals surface area contributed by atoms with Crippen LogP contribution in [0.5, 0.6) is 0 Å². The number of hydrogen-bond donors (Lipinski definition) is 0. The molecule has 0 aliphatic rings. The van der Waals surface area contributed by atoms with Gasteiger partial charge in [0, 0.05) is 0 Å². The lowest BCUT2D eigenvalue weighted by molar-refractivity contribution is -0.112. The summed E-state index contributed by atoms with van der Waals surface area (Å²) in [7, 11) is 0. The number of ketones is 1. The van der Waals surface area contributed by atoms with E-state index >= 15 is 0 Å². The zero-order chi connectivity index (χ0) is 9.84. The zero-order valence-electron chi connectivity index (χ0n) is 8.29. The average molecular weight is 174 g/mol. The summed E-state index contributed by atoms with van der Waals surface area (Å²) in [6, 6.07) is 8.14. The van der Waals surface area contributed by atoms with Gasteiger partial charge in [0.05, 0.1) is 0 Å². The molecule has 1 nitrogen and oxygen atoms in total. The van der Waals surface area contributed by atoms with Crippen LogP contribution in [0.4, 0.5) is 0 Å². The van der Waals surface area contributed by atoms with Crippen LogP contribution in [0.2, 0.25) is 0 Å². The van der Waals surface area contributed by atoms with Crippen molar-refractivity contribution in [1.82, 2.24) is 0 Å². The maximum atomic E-state index is 10.8. The summed E-state index contributed by atoms with van der Waals surface area (Å²) in [6.07, 6.45) is 1.66. The lowest BCUT2D eigenvalue weighted by Gasteiger charge is -2.01. The maximum absolute atomic E-state index is 10.8. The topological polar surface area (TPSA) is 17.1 Å². The third kappa shape index (κ3) is 2.86. The van der Waals surface area contributed by atoms with Gasteiger partial charge < -0.3 is 0 Å². The highest BCUT2D eigenvalue weighted by Gasteiger charge is 1.96. The molecular formula is C12H14O. The Kier molecular flexibility index (Phi) is 3.02. The predicted octanol–water partition coefficient (Wildman–Crippen LogP) is 2.99. The van der Waals surface area contributed by atoms with Crippen LogP contribution in [0.1, 0.15) is 25.0 Å². The zero-order valence-corrected chi connectivity index (χ0v) is 8.29. The smallest absolute Gasteiger partial charge is 0.152 e. The van der Waals surface area contributed by atoms with Gasteiger partial charge in [0.2, 0.25) is 0 Å². The molecule has 0 amide bonds. The second-order valence-electron chi connectivity index (χ2n) is 3.31. The molecule has 0 spiro atoms. The molecule has 0 unspecified atom stereocenters. The third-order valence-corrected chi connectivity index (χ3v) is 1.89. The van der Waals surface area contributed by atoms with Crippen LogP contribution in [-0.4, -0.2) is 5.78 Å². The van der Waals surface area contributed by atoms with Crippen molar-refractivity contribution in [2.75, 3.05) is 0 Å². The first-order chi connectivity index (χ1) is 6.09. The Labute approximate surface area is 79.1 Å². The molecule has 1 aromatic carbocycles. The molecule has 13 heavy (non-hydrogen) atoms. The van der Waals surface area contributed by atoms with Gasteiger partial charge in [0.25, 0.3) is 0 Å². The summed E-state index contributed by atoms with van der Waals surface area (Å²) in [5, 5.41) is 0. The molecule has 0 saturated heterocycles. The molecule has 0 N–H and O–H groups in total. The molecule has 0 heterocycles. The fourth-order valence-corrected chi connectivity index (χ4v) is 1.28. The van der Waals surface area contributed by atoms with Crippen molar-refractivity contribution in [2.45, 2.75) is 20.8 Å². The predicted molar refractivity (Wildman–Crippen MR) is 55.5 cm³/mol. The van der Waals surface area contributed by atoms with Gasteiger partial charge in [-0.05, 0) is 38.0 Å². The van der Waals surface area contributed by atoms with Gasteiger partial charge in [-0.25, -0.2) is 0 Å². The van der Waals surface area contributed by atoms with E-state index in [9.17, 15) is 4.79 Å². The van der Waals surface area contributed by atoms with E-state index in [1.165, 1.54) is 5.56 Å². The van der Waals surface area contributed by atoms with Crippen LogP contribution in [-0.2, 0) is 4.79 Å². The van der Waals surface area contributed by atoms with Crippen LogP contribution in [0.25, 0.3) is 5.57 Å². The first-order valence-electron chi connectivity index (χ1n) is 4.35. The van der Waals surface area contributed by atoms with Crippen LogP contribution >= 0.6 is 0 Å². The lowest BCUT2D eigenvalue weighted by atomic mass is 10.0. The minimum absolute atomic E-state index is 0.0963. The highest BCUT2D eigenvalue weighted by atomic mass is 16.1. The van der Waals surface area contributed by atoms with E-state index in [2.05, 4.69) is 6.07 Å². The molecule has 1 rings (SSSR count). The van der Waals surface area contributed by atoms with E-state index in [0.717, 1.165) is 11.1 Å². The monoisotopic (exact) mass is 174 g/mol. The summed E-state index contributed by atoms with van der Waals surface area (Å²) in [5.74, 6) is 0.0963. The summed E-state index contributed by atoms with van der Waals surface area (Å²) in [5.41, 5.74) is 3.36. The van der Waals surface area contributed by atoms with Gasteiger partial charge in [-0.3, -0.25) is 4.79 Å². The van der Waals surface area contributed by atoms with Gasteiger partial charge in [-0.1, -0.05) is 29.8 Å². The van der Waals surface area contributed by atoms with Crippen molar-refractivity contribution in [3.63, 3.8) is 0 Å². The first-order valence-corrected chi connectivity index (χ1v) is 4.35. The van der Waals surface area contributed by atoms with Gasteiger partial charge in [-0.2, -0.15) is 0 Å². The van der Waals surface area contributed by atoms with Gasteiger partial charge in [-0.15, -0.1) is 0 Å². The van der Waals surface area contributed by atoms with Crippen molar-refractivity contribution >= 4 is 11.4 Å². The molecule has 0 saturated carbocycles. The molecule has 0 bridgehead atoms. The second-order valence-corrected chi connectivity index (χ2v) is 3.31. The molecule has 0 radical (unpaired) electrons. The maximum Gasteiger partial charge on any atom is 0.152 e. The van der Waals surface area contributed by atoms with E-state index in [0.29, 0.717) is 0 Å². The summed E-state index contributed by atoms with van der Waals surface area (Å²) in [6.45, 7) is 5.57. The van der Waals surface area contributed by atoms with Crippen LogP contribution in [0, 0.1) is 6.92 Å². The van der Waals surface area contributed by atoms with Gasteiger partial charge in [0.1, 0.15) is 0 Å². The molecule has 0 aliphatic heterocycles. The highest BCUT2D eigenvalue weighted by molar-refractivity contribution is 5.94. The van der Waals surface area contributed by atoms with Crippen LogP contribution in [0.3, 0.4) is 0 Å². The Hall–Kier alpha value is -1.37. The molecule has 0 aliphatic carbocycles. The average Bonchev–Trinajstić information content (AvgIpc) is 2.03. The van der Waals surface area contributed by atoms with Gasteiger partial charge >= 0.3 is 0 Å². The number of aryl methyl sites for hydroxylation is 1. The van der Waals surface area contributed by atoms with Crippen molar-refractivity contribution in [3.8, 4) is 0 Å². The van der Waals surface area contributed by atoms with Crippen molar-refractivity contribution in [1.29, 1.82) is 0 Å². The third-order valence-electron chi connectivity index (χ3n) is 1.89. The highest BCUT2D eigenvalue weighted by Crippen LogP contribution is 2.14. The number of carbonyl (C=O) groups is 1. The molecule has 0 aromatic heterocycles. The molecule has 68 valence electrons. The first kappa shape index (κ1) is 9.72. The SMILES string of the molecule is CC(=O)C=C(C)c1cccc(C)c1. The van der Waals surface area contributed by atoms with E-state index in [1.54, 1.807) is 13.0 Å². The largest absolute Gasteiger partial charge is 0.295 e. The molecule has 1 heteroatoms. The van der Waals surface area contributed by atoms with E-state index in [4.69, 9.17) is 0 Å². The normalized spacial score (nSPS) is 11.5. The minimum Gasteiger partial charge on any atom is -0.295 e. The Morgan fingerprint density at radius 3 is 2.54 bits per heavy atom. The minimum atomic E-state index is 0.0963. The fourth-order valence-electron chi connectivity index (χ4n) is 1.28. The number of hydrogen-bond acceptors (Lipinski definition) is 1. The number of benzene rings is 1. The van der Waals surface area contributed by atoms with Gasteiger partial charge in [0.15, 0.2) is 5.78 Å².